The van der Waals surface area contributed by atoms with Crippen LogP contribution in [0.1, 0.15) is 0 Å². The minimum Gasteiger partial charge on any atom is -0.383 e. The topological polar surface area (TPSA) is 37.4 Å². The first-order valence-electron chi connectivity index (χ1n) is 6.81. The molecular weight excluding hydrogens is 274 g/mol. The minimum absolute atomic E-state index is 0.281. The van der Waals surface area contributed by atoms with Gasteiger partial charge >= 0.3 is 0 Å². The molecule has 1 aromatic heterocycles. The third-order valence-corrected chi connectivity index (χ3v) is 3.86. The number of methoxy groups -OCH3 is 1. The lowest BCUT2D eigenvalue weighted by atomic mass is 10.1. The van der Waals surface area contributed by atoms with E-state index < -0.39 is 0 Å². The Bertz CT molecular complexity index is 603. The fourth-order valence-electron chi connectivity index (χ4n) is 2.75. The number of benzene rings is 1. The van der Waals surface area contributed by atoms with Crippen molar-refractivity contribution in [2.45, 2.75) is 6.04 Å². The molecule has 5 heteroatoms. The fourth-order valence-corrected chi connectivity index (χ4v) is 2.95. The lowest BCUT2D eigenvalue weighted by Crippen LogP contribution is -2.53. The summed E-state index contributed by atoms with van der Waals surface area (Å²) in [6.07, 6.45) is 0. The number of rotatable bonds is 3. The summed E-state index contributed by atoms with van der Waals surface area (Å²) in [5.74, 6) is 0.955. The number of nitrogens with one attached hydrogen (secondary N) is 1. The maximum absolute atomic E-state index is 6.18. The standard InChI is InChI=1S/C15H18ClN3O/c1-20-10-12-9-17-6-7-19(12)15-13-5-3-2-4-11(13)8-14(16)18-15/h2-5,8,12,17H,6-7,9-10H2,1H3. The molecule has 4 nitrogen and oxygen atoms in total. The van der Waals surface area contributed by atoms with Crippen molar-refractivity contribution < 1.29 is 4.74 Å². The number of hydrogen-bond acceptors (Lipinski definition) is 4. The molecule has 3 rings (SSSR count). The Labute approximate surface area is 123 Å². The van der Waals surface area contributed by atoms with Gasteiger partial charge in [-0.05, 0) is 11.5 Å². The zero-order chi connectivity index (χ0) is 13.9. The normalized spacial score (nSPS) is 19.5. The summed E-state index contributed by atoms with van der Waals surface area (Å²) in [7, 11) is 1.73. The van der Waals surface area contributed by atoms with Gasteiger partial charge in [0.2, 0.25) is 0 Å². The van der Waals surface area contributed by atoms with Crippen molar-refractivity contribution in [1.82, 2.24) is 10.3 Å². The van der Waals surface area contributed by atoms with E-state index in [1.54, 1.807) is 7.11 Å². The number of pyridine rings is 1. The van der Waals surface area contributed by atoms with Gasteiger partial charge in [0.25, 0.3) is 0 Å². The third-order valence-electron chi connectivity index (χ3n) is 3.67. The summed E-state index contributed by atoms with van der Waals surface area (Å²) in [6.45, 7) is 3.43. The lowest BCUT2D eigenvalue weighted by molar-refractivity contribution is 0.170. The molecule has 1 aromatic carbocycles. The van der Waals surface area contributed by atoms with Crippen molar-refractivity contribution in [1.29, 1.82) is 0 Å². The number of anilines is 1. The molecule has 1 unspecified atom stereocenters. The monoisotopic (exact) mass is 291 g/mol. The zero-order valence-corrected chi connectivity index (χ0v) is 12.2. The lowest BCUT2D eigenvalue weighted by Gasteiger charge is -2.37. The number of fused-ring (bicyclic) bond motifs is 1. The van der Waals surface area contributed by atoms with E-state index in [1.807, 2.05) is 18.2 Å². The van der Waals surface area contributed by atoms with E-state index in [1.165, 1.54) is 0 Å². The number of piperazine rings is 1. The minimum atomic E-state index is 0.281. The molecule has 0 amide bonds. The molecule has 1 N–H and O–H groups in total. The van der Waals surface area contributed by atoms with Crippen LogP contribution < -0.4 is 10.2 Å². The molecule has 0 aliphatic carbocycles. The van der Waals surface area contributed by atoms with Crippen LogP contribution in [0.25, 0.3) is 10.8 Å². The Balaban J connectivity index is 2.07. The van der Waals surface area contributed by atoms with Crippen LogP contribution in [0.4, 0.5) is 5.82 Å². The first-order valence-corrected chi connectivity index (χ1v) is 7.19. The summed E-state index contributed by atoms with van der Waals surface area (Å²) in [4.78, 5) is 6.87. The summed E-state index contributed by atoms with van der Waals surface area (Å²) < 4.78 is 5.33. The molecule has 1 atom stereocenters. The summed E-state index contributed by atoms with van der Waals surface area (Å²) in [6, 6.07) is 10.4. The molecule has 0 saturated carbocycles. The van der Waals surface area contributed by atoms with E-state index in [-0.39, 0.29) is 6.04 Å². The number of ether oxygens (including phenoxy) is 1. The average Bonchev–Trinajstić information content (AvgIpc) is 2.47. The summed E-state index contributed by atoms with van der Waals surface area (Å²) >= 11 is 6.18. The van der Waals surface area contributed by atoms with Gasteiger partial charge in [0.1, 0.15) is 11.0 Å². The second-order valence-corrected chi connectivity index (χ2v) is 5.38. The van der Waals surface area contributed by atoms with Crippen LogP contribution in [0.2, 0.25) is 5.15 Å². The van der Waals surface area contributed by atoms with Gasteiger partial charge < -0.3 is 15.0 Å². The Morgan fingerprint density at radius 1 is 1.45 bits per heavy atom. The molecule has 0 radical (unpaired) electrons. The number of nitrogens with zero attached hydrogens (tertiary/aromatic N) is 2. The Hall–Kier alpha value is -1.36. The van der Waals surface area contributed by atoms with Crippen LogP contribution in [-0.2, 0) is 4.74 Å². The van der Waals surface area contributed by atoms with Crippen LogP contribution in [0, 0.1) is 0 Å². The van der Waals surface area contributed by atoms with E-state index in [0.29, 0.717) is 11.8 Å². The first kappa shape index (κ1) is 13.6. The van der Waals surface area contributed by atoms with E-state index in [9.17, 15) is 0 Å². The number of aromatic nitrogens is 1. The van der Waals surface area contributed by atoms with Gasteiger partial charge in [0, 0.05) is 32.1 Å². The molecule has 0 bridgehead atoms. The summed E-state index contributed by atoms with van der Waals surface area (Å²) in [5, 5.41) is 6.20. The molecule has 20 heavy (non-hydrogen) atoms. The Morgan fingerprint density at radius 2 is 2.30 bits per heavy atom. The second-order valence-electron chi connectivity index (χ2n) is 5.00. The molecule has 1 saturated heterocycles. The van der Waals surface area contributed by atoms with Gasteiger partial charge in [-0.2, -0.15) is 0 Å². The highest BCUT2D eigenvalue weighted by Crippen LogP contribution is 2.29. The maximum atomic E-state index is 6.18. The van der Waals surface area contributed by atoms with Crippen LogP contribution in [0.3, 0.4) is 0 Å². The smallest absolute Gasteiger partial charge is 0.138 e. The number of halogens is 1. The Morgan fingerprint density at radius 3 is 3.15 bits per heavy atom. The van der Waals surface area contributed by atoms with Crippen LogP contribution in [0.15, 0.2) is 30.3 Å². The van der Waals surface area contributed by atoms with Gasteiger partial charge in [-0.25, -0.2) is 4.98 Å². The van der Waals surface area contributed by atoms with Crippen LogP contribution >= 0.6 is 11.6 Å². The van der Waals surface area contributed by atoms with E-state index >= 15 is 0 Å². The largest absolute Gasteiger partial charge is 0.383 e. The zero-order valence-electron chi connectivity index (χ0n) is 11.5. The van der Waals surface area contributed by atoms with E-state index in [4.69, 9.17) is 16.3 Å². The van der Waals surface area contributed by atoms with Crippen molar-refractivity contribution in [2.24, 2.45) is 0 Å². The highest BCUT2D eigenvalue weighted by molar-refractivity contribution is 6.30. The van der Waals surface area contributed by atoms with Gasteiger partial charge in [-0.15, -0.1) is 0 Å². The van der Waals surface area contributed by atoms with Crippen LogP contribution in [0.5, 0.6) is 0 Å². The molecule has 1 aliphatic heterocycles. The van der Waals surface area contributed by atoms with E-state index in [0.717, 1.165) is 36.2 Å². The quantitative estimate of drug-likeness (QED) is 0.881. The molecule has 106 valence electrons. The Kier molecular flexibility index (Phi) is 4.05. The predicted molar refractivity (Wildman–Crippen MR) is 82.6 cm³/mol. The van der Waals surface area contributed by atoms with Crippen molar-refractivity contribution >= 4 is 28.2 Å². The number of hydrogen-bond donors (Lipinski definition) is 1. The van der Waals surface area contributed by atoms with Crippen molar-refractivity contribution in [2.75, 3.05) is 38.3 Å². The second kappa shape index (κ2) is 5.95. The third kappa shape index (κ3) is 2.59. The molecular formula is C15H18ClN3O. The van der Waals surface area contributed by atoms with Gasteiger partial charge in [0.15, 0.2) is 0 Å². The predicted octanol–water partition coefficient (Wildman–Crippen LogP) is 2.31. The van der Waals surface area contributed by atoms with Crippen molar-refractivity contribution in [3.05, 3.63) is 35.5 Å². The molecule has 1 fully saturated rings. The van der Waals surface area contributed by atoms with Crippen molar-refractivity contribution in [3.8, 4) is 0 Å². The molecule has 1 aliphatic rings. The van der Waals surface area contributed by atoms with E-state index in [2.05, 4.69) is 27.3 Å². The average molecular weight is 292 g/mol. The first-order chi connectivity index (χ1) is 9.79. The molecule has 2 aromatic rings. The molecule has 0 spiro atoms. The van der Waals surface area contributed by atoms with Gasteiger partial charge in [-0.1, -0.05) is 35.9 Å². The van der Waals surface area contributed by atoms with Gasteiger partial charge in [0.05, 0.1) is 12.6 Å². The van der Waals surface area contributed by atoms with Gasteiger partial charge in [-0.3, -0.25) is 0 Å². The maximum Gasteiger partial charge on any atom is 0.138 e. The highest BCUT2D eigenvalue weighted by Gasteiger charge is 2.25. The SMILES string of the molecule is COCC1CNCCN1c1nc(Cl)cc2ccccc12. The van der Waals surface area contributed by atoms with Crippen molar-refractivity contribution in [3.63, 3.8) is 0 Å². The van der Waals surface area contributed by atoms with Crippen LogP contribution in [-0.4, -0.2) is 44.4 Å². The fraction of sp³-hybridized carbons (Fsp3) is 0.400. The highest BCUT2D eigenvalue weighted by atomic mass is 35.5. The molecule has 2 heterocycles. The summed E-state index contributed by atoms with van der Waals surface area (Å²) in [5.41, 5.74) is 0.